The van der Waals surface area contributed by atoms with E-state index in [1.807, 2.05) is 18.2 Å². The van der Waals surface area contributed by atoms with Crippen LogP contribution in [0.5, 0.6) is 0 Å². The van der Waals surface area contributed by atoms with E-state index in [9.17, 15) is 4.79 Å². The number of nitrogens with one attached hydrogen (secondary N) is 2. The van der Waals surface area contributed by atoms with Crippen LogP contribution < -0.4 is 10.9 Å². The lowest BCUT2D eigenvalue weighted by atomic mass is 10.3. The molecule has 1 amide bonds. The smallest absolute Gasteiger partial charge is 0.276 e. The molecule has 1 aromatic carbocycles. The van der Waals surface area contributed by atoms with Crippen molar-refractivity contribution in [3.8, 4) is 0 Å². The largest absolute Gasteiger partial charge is 0.373 e. The van der Waals surface area contributed by atoms with Gasteiger partial charge in [0.2, 0.25) is 0 Å². The molecule has 0 aliphatic carbocycles. The van der Waals surface area contributed by atoms with Crippen LogP contribution in [0.4, 0.5) is 5.69 Å². The first kappa shape index (κ1) is 9.26. The summed E-state index contributed by atoms with van der Waals surface area (Å²) in [7, 11) is 0. The maximum atomic E-state index is 11.6. The number of rotatable bonds is 2. The number of carbonyl (C=O) groups is 1. The fraction of sp³-hybridized carbons (Fsp3) is 0. The minimum atomic E-state index is -0.284. The van der Waals surface area contributed by atoms with Gasteiger partial charge in [-0.05, 0) is 12.1 Å². The number of para-hydroxylation sites is 1. The zero-order chi connectivity index (χ0) is 10.5. The second kappa shape index (κ2) is 4.28. The maximum absolute atomic E-state index is 11.6. The zero-order valence-electron chi connectivity index (χ0n) is 7.81. The lowest BCUT2D eigenvalue weighted by molar-refractivity contribution is -0.110. The van der Waals surface area contributed by atoms with E-state index in [0.29, 0.717) is 0 Å². The zero-order valence-corrected chi connectivity index (χ0v) is 7.81. The Hall–Kier alpha value is -2.30. The van der Waals surface area contributed by atoms with Gasteiger partial charge in [0.25, 0.3) is 5.91 Å². The van der Waals surface area contributed by atoms with Crippen LogP contribution in [0.15, 0.2) is 47.8 Å². The van der Waals surface area contributed by atoms with Gasteiger partial charge in [-0.3, -0.25) is 4.79 Å². The predicted molar refractivity (Wildman–Crippen MR) is 55.9 cm³/mol. The van der Waals surface area contributed by atoms with Gasteiger partial charge in [-0.1, -0.05) is 18.2 Å². The lowest BCUT2D eigenvalue weighted by Gasteiger charge is -2.08. The summed E-state index contributed by atoms with van der Waals surface area (Å²) in [4.78, 5) is 16.2. The summed E-state index contributed by atoms with van der Waals surface area (Å²) in [6.07, 6.45) is 2.84. The van der Waals surface area contributed by atoms with Crippen molar-refractivity contribution in [1.29, 1.82) is 0 Å². The van der Waals surface area contributed by atoms with Gasteiger partial charge < -0.3 is 10.2 Å². The fourth-order valence-corrected chi connectivity index (χ4v) is 1.08. The van der Waals surface area contributed by atoms with Gasteiger partial charge in [0.15, 0.2) is 5.71 Å². The highest BCUT2D eigenvalue weighted by atomic mass is 16.7. The molecule has 1 heterocycles. The summed E-state index contributed by atoms with van der Waals surface area (Å²) in [6, 6.07) is 9.16. The van der Waals surface area contributed by atoms with Crippen LogP contribution in [0.3, 0.4) is 0 Å². The number of benzene rings is 1. The lowest BCUT2D eigenvalue weighted by Crippen LogP contribution is -2.25. The summed E-state index contributed by atoms with van der Waals surface area (Å²) < 4.78 is 0. The number of amides is 1. The number of hydrogen-bond donors (Lipinski definition) is 2. The van der Waals surface area contributed by atoms with Crippen LogP contribution >= 0.6 is 0 Å². The van der Waals surface area contributed by atoms with Gasteiger partial charge in [0, 0.05) is 11.8 Å². The molecule has 0 spiro atoms. The molecular formula is C10H9N3O2. The predicted octanol–water partition coefficient (Wildman–Crippen LogP) is 1.03. The van der Waals surface area contributed by atoms with Gasteiger partial charge >= 0.3 is 0 Å². The molecular weight excluding hydrogens is 194 g/mol. The number of nitrogens with zero attached hydrogens (tertiary/aromatic N) is 1. The molecule has 2 rings (SSSR count). The van der Waals surface area contributed by atoms with Crippen LogP contribution in [0, 0.1) is 0 Å². The summed E-state index contributed by atoms with van der Waals surface area (Å²) in [6.45, 7) is 0. The highest BCUT2D eigenvalue weighted by Crippen LogP contribution is 2.05. The Morgan fingerprint density at radius 2 is 2.13 bits per heavy atom. The Morgan fingerprint density at radius 3 is 2.80 bits per heavy atom. The van der Waals surface area contributed by atoms with Crippen LogP contribution in [-0.4, -0.2) is 11.6 Å². The van der Waals surface area contributed by atoms with Gasteiger partial charge in [0.05, 0.1) is 0 Å². The van der Waals surface area contributed by atoms with E-state index in [0.717, 1.165) is 5.69 Å². The molecule has 0 saturated heterocycles. The quantitative estimate of drug-likeness (QED) is 0.754. The number of anilines is 1. The first-order chi connectivity index (χ1) is 7.36. The van der Waals surface area contributed by atoms with Gasteiger partial charge in [-0.2, -0.15) is 0 Å². The molecule has 1 aliphatic rings. The molecule has 15 heavy (non-hydrogen) atoms. The topological polar surface area (TPSA) is 62.7 Å². The van der Waals surface area contributed by atoms with Crippen molar-refractivity contribution in [2.75, 3.05) is 5.32 Å². The summed E-state index contributed by atoms with van der Waals surface area (Å²) in [5, 5.41) is 6.37. The van der Waals surface area contributed by atoms with Crippen molar-refractivity contribution in [3.63, 3.8) is 0 Å². The molecule has 2 N–H and O–H groups in total. The van der Waals surface area contributed by atoms with Crippen LogP contribution in [0.25, 0.3) is 0 Å². The first-order valence-corrected chi connectivity index (χ1v) is 4.37. The molecule has 76 valence electrons. The number of hydrogen-bond acceptors (Lipinski definition) is 4. The second-order valence-corrected chi connectivity index (χ2v) is 2.83. The van der Waals surface area contributed by atoms with E-state index < -0.39 is 0 Å². The Morgan fingerprint density at radius 1 is 1.33 bits per heavy atom. The maximum Gasteiger partial charge on any atom is 0.276 e. The van der Waals surface area contributed by atoms with E-state index in [4.69, 9.17) is 0 Å². The van der Waals surface area contributed by atoms with Crippen molar-refractivity contribution >= 4 is 17.3 Å². The van der Waals surface area contributed by atoms with E-state index in [2.05, 4.69) is 20.8 Å². The van der Waals surface area contributed by atoms with E-state index in [1.165, 1.54) is 12.3 Å². The molecule has 0 radical (unpaired) electrons. The molecule has 0 unspecified atom stereocenters. The molecule has 0 bridgehead atoms. The number of hydrazone groups is 1. The average Bonchev–Trinajstić information content (AvgIpc) is 2.31. The highest BCUT2D eigenvalue weighted by molar-refractivity contribution is 6.47. The van der Waals surface area contributed by atoms with Crippen molar-refractivity contribution < 1.29 is 9.63 Å². The average molecular weight is 203 g/mol. The molecule has 5 nitrogen and oxygen atoms in total. The second-order valence-electron chi connectivity index (χ2n) is 2.83. The minimum Gasteiger partial charge on any atom is -0.373 e. The summed E-state index contributed by atoms with van der Waals surface area (Å²) >= 11 is 0. The Bertz CT molecular complexity index is 412. The van der Waals surface area contributed by atoms with Gasteiger partial charge in [0.1, 0.15) is 6.26 Å². The van der Waals surface area contributed by atoms with Crippen molar-refractivity contribution in [2.24, 2.45) is 5.10 Å². The highest BCUT2D eigenvalue weighted by Gasteiger charge is 2.10. The summed E-state index contributed by atoms with van der Waals surface area (Å²) in [5.41, 5.74) is 3.24. The van der Waals surface area contributed by atoms with Gasteiger partial charge in [-0.25, -0.2) is 0 Å². The van der Waals surface area contributed by atoms with E-state index >= 15 is 0 Å². The van der Waals surface area contributed by atoms with E-state index in [-0.39, 0.29) is 11.6 Å². The molecule has 1 aromatic rings. The fourth-order valence-electron chi connectivity index (χ4n) is 1.08. The third kappa shape index (κ3) is 2.34. The number of carbonyl (C=O) groups excluding carboxylic acids is 1. The molecule has 0 fully saturated rings. The van der Waals surface area contributed by atoms with Crippen LogP contribution in [0.2, 0.25) is 0 Å². The first-order valence-electron chi connectivity index (χ1n) is 4.37. The SMILES string of the molecule is O=C(Nc1ccccc1)C1=NNOC=C1. The molecule has 0 aromatic heterocycles. The third-order valence-corrected chi connectivity index (χ3v) is 1.78. The van der Waals surface area contributed by atoms with Crippen molar-refractivity contribution in [2.45, 2.75) is 0 Å². The normalized spacial score (nSPS) is 13.5. The monoisotopic (exact) mass is 203 g/mol. The van der Waals surface area contributed by atoms with Crippen LogP contribution in [-0.2, 0) is 9.63 Å². The molecule has 0 atom stereocenters. The Balaban J connectivity index is 2.04. The minimum absolute atomic E-state index is 0.269. The standard InChI is InChI=1S/C10H9N3O2/c14-10(9-6-7-15-13-12-9)11-8-4-2-1-3-5-8/h1-7,13H,(H,11,14). The van der Waals surface area contributed by atoms with Crippen molar-refractivity contribution in [3.05, 3.63) is 42.7 Å². The molecule has 1 aliphatic heterocycles. The van der Waals surface area contributed by atoms with Crippen molar-refractivity contribution in [1.82, 2.24) is 5.59 Å². The molecule has 0 saturated carbocycles. The molecule has 5 heteroatoms. The summed E-state index contributed by atoms with van der Waals surface area (Å²) in [5.74, 6) is -0.284. The third-order valence-electron chi connectivity index (χ3n) is 1.78. The van der Waals surface area contributed by atoms with E-state index in [1.54, 1.807) is 12.1 Å². The Labute approximate surface area is 86.4 Å². The van der Waals surface area contributed by atoms with Gasteiger partial charge in [-0.15, -0.1) is 10.7 Å². The Kier molecular flexibility index (Phi) is 2.64. The van der Waals surface area contributed by atoms with Crippen LogP contribution in [0.1, 0.15) is 0 Å².